The molecule has 116 valence electrons. The molecular formula is C14H16Cl2F2N2O. The predicted molar refractivity (Wildman–Crippen MR) is 79.2 cm³/mol. The van der Waals surface area contributed by atoms with Crippen LogP contribution >= 0.6 is 24.0 Å². The third kappa shape index (κ3) is 3.30. The number of fused-ring (bicyclic) bond motifs is 1. The lowest BCUT2D eigenvalue weighted by atomic mass is 9.99. The summed E-state index contributed by atoms with van der Waals surface area (Å²) in [6, 6.07) is 4.83. The molecular weight excluding hydrogens is 321 g/mol. The van der Waals surface area contributed by atoms with Crippen molar-refractivity contribution in [3.05, 3.63) is 34.3 Å². The number of nitrogens with one attached hydrogen (secondary N) is 1. The van der Waals surface area contributed by atoms with E-state index in [4.69, 9.17) is 11.6 Å². The van der Waals surface area contributed by atoms with Crippen LogP contribution in [0.4, 0.5) is 8.78 Å². The lowest BCUT2D eigenvalue weighted by Crippen LogP contribution is -2.45. The lowest BCUT2D eigenvalue weighted by Gasteiger charge is -2.31. The Morgan fingerprint density at radius 1 is 1.43 bits per heavy atom. The highest BCUT2D eigenvalue weighted by Crippen LogP contribution is 2.29. The Balaban J connectivity index is 0.00000161. The number of halogens is 4. The molecule has 1 amide bonds. The van der Waals surface area contributed by atoms with Crippen molar-refractivity contribution in [1.82, 2.24) is 10.2 Å². The standard InChI is InChI=1S/C14H15ClF2N2O.ClH/c15-11-3-1-2-9-7-19(5-4-10(9)11)13(20)12-6-14(16,17)8-18-12;/h1-3,12,18H,4-8H2;1H. The van der Waals surface area contributed by atoms with Gasteiger partial charge in [0.05, 0.1) is 12.6 Å². The van der Waals surface area contributed by atoms with Gasteiger partial charge >= 0.3 is 0 Å². The number of carbonyl (C=O) groups excluding carboxylic acids is 1. The van der Waals surface area contributed by atoms with Gasteiger partial charge in [0.25, 0.3) is 5.92 Å². The van der Waals surface area contributed by atoms with Crippen LogP contribution in [0, 0.1) is 0 Å². The smallest absolute Gasteiger partial charge is 0.262 e. The summed E-state index contributed by atoms with van der Waals surface area (Å²) in [7, 11) is 0. The second kappa shape index (κ2) is 6.07. The summed E-state index contributed by atoms with van der Waals surface area (Å²) in [6.07, 6.45) is 0.259. The molecule has 1 atom stereocenters. The van der Waals surface area contributed by atoms with Crippen molar-refractivity contribution in [3.8, 4) is 0 Å². The minimum Gasteiger partial charge on any atom is -0.337 e. The molecule has 0 saturated carbocycles. The van der Waals surface area contributed by atoms with Gasteiger partial charge in [-0.3, -0.25) is 10.1 Å². The second-order valence-electron chi connectivity index (χ2n) is 5.38. The molecule has 2 aliphatic heterocycles. The van der Waals surface area contributed by atoms with Gasteiger partial charge in [-0.05, 0) is 23.6 Å². The Labute approximate surface area is 133 Å². The van der Waals surface area contributed by atoms with Crippen molar-refractivity contribution in [1.29, 1.82) is 0 Å². The summed E-state index contributed by atoms with van der Waals surface area (Å²) in [6.45, 7) is 0.553. The van der Waals surface area contributed by atoms with Crippen molar-refractivity contribution in [2.75, 3.05) is 13.1 Å². The maximum Gasteiger partial charge on any atom is 0.262 e. The first kappa shape index (κ1) is 16.5. The zero-order chi connectivity index (χ0) is 14.3. The molecule has 3 rings (SSSR count). The molecule has 2 aliphatic rings. The van der Waals surface area contributed by atoms with Crippen molar-refractivity contribution in [2.24, 2.45) is 0 Å². The minimum atomic E-state index is -2.78. The number of hydrogen-bond donors (Lipinski definition) is 1. The fourth-order valence-corrected chi connectivity index (χ4v) is 3.15. The van der Waals surface area contributed by atoms with Crippen LogP contribution in [-0.4, -0.2) is 35.9 Å². The van der Waals surface area contributed by atoms with Gasteiger partial charge in [0.15, 0.2) is 0 Å². The highest BCUT2D eigenvalue weighted by Gasteiger charge is 2.43. The Hall–Kier alpha value is -0.910. The van der Waals surface area contributed by atoms with Crippen LogP contribution < -0.4 is 5.32 Å². The second-order valence-corrected chi connectivity index (χ2v) is 5.79. The van der Waals surface area contributed by atoms with E-state index in [2.05, 4.69) is 5.32 Å². The quantitative estimate of drug-likeness (QED) is 0.855. The maximum absolute atomic E-state index is 13.2. The summed E-state index contributed by atoms with van der Waals surface area (Å²) >= 11 is 6.12. The van der Waals surface area contributed by atoms with E-state index >= 15 is 0 Å². The van der Waals surface area contributed by atoms with E-state index in [9.17, 15) is 13.6 Å². The first-order chi connectivity index (χ1) is 9.46. The van der Waals surface area contributed by atoms with Crippen LogP contribution in [-0.2, 0) is 17.8 Å². The van der Waals surface area contributed by atoms with Crippen molar-refractivity contribution in [3.63, 3.8) is 0 Å². The molecule has 0 aromatic heterocycles. The van der Waals surface area contributed by atoms with Crippen LogP contribution in [0.25, 0.3) is 0 Å². The minimum absolute atomic E-state index is 0. The summed E-state index contributed by atoms with van der Waals surface area (Å²) in [5.41, 5.74) is 2.06. The topological polar surface area (TPSA) is 32.3 Å². The van der Waals surface area contributed by atoms with Crippen LogP contribution in [0.2, 0.25) is 5.02 Å². The monoisotopic (exact) mass is 336 g/mol. The zero-order valence-electron chi connectivity index (χ0n) is 11.2. The first-order valence-electron chi connectivity index (χ1n) is 6.62. The molecule has 0 aliphatic carbocycles. The van der Waals surface area contributed by atoms with Crippen LogP contribution in [0.1, 0.15) is 17.5 Å². The number of amides is 1. The molecule has 1 unspecified atom stereocenters. The third-order valence-electron chi connectivity index (χ3n) is 3.93. The van der Waals surface area contributed by atoms with Crippen molar-refractivity contribution < 1.29 is 13.6 Å². The highest BCUT2D eigenvalue weighted by molar-refractivity contribution is 6.31. The molecule has 1 N–H and O–H groups in total. The lowest BCUT2D eigenvalue weighted by molar-refractivity contribution is -0.134. The number of benzene rings is 1. The van der Waals surface area contributed by atoms with Crippen LogP contribution in [0.15, 0.2) is 18.2 Å². The third-order valence-corrected chi connectivity index (χ3v) is 4.28. The maximum atomic E-state index is 13.2. The fourth-order valence-electron chi connectivity index (χ4n) is 2.86. The van der Waals surface area contributed by atoms with E-state index in [0.29, 0.717) is 24.5 Å². The van der Waals surface area contributed by atoms with Crippen molar-refractivity contribution in [2.45, 2.75) is 31.4 Å². The normalized spacial score (nSPS) is 23.4. The summed E-state index contributed by atoms with van der Waals surface area (Å²) < 4.78 is 26.3. The number of nitrogens with zero attached hydrogens (tertiary/aromatic N) is 1. The van der Waals surface area contributed by atoms with E-state index in [0.717, 1.165) is 11.1 Å². The molecule has 1 saturated heterocycles. The number of rotatable bonds is 1. The molecule has 1 aromatic carbocycles. The van der Waals surface area contributed by atoms with Gasteiger partial charge < -0.3 is 4.90 Å². The molecule has 0 bridgehead atoms. The Morgan fingerprint density at radius 3 is 2.86 bits per heavy atom. The average Bonchev–Trinajstić information content (AvgIpc) is 2.78. The van der Waals surface area contributed by atoms with Crippen LogP contribution in [0.3, 0.4) is 0 Å². The molecule has 0 radical (unpaired) electrons. The van der Waals surface area contributed by atoms with E-state index in [1.165, 1.54) is 0 Å². The average molecular weight is 337 g/mol. The predicted octanol–water partition coefficient (Wildman–Crippen LogP) is 2.64. The number of hydrogen-bond acceptors (Lipinski definition) is 2. The van der Waals surface area contributed by atoms with Crippen LogP contribution in [0.5, 0.6) is 0 Å². The van der Waals surface area contributed by atoms with Gasteiger partial charge in [-0.25, -0.2) is 8.78 Å². The summed E-state index contributed by atoms with van der Waals surface area (Å²) in [5, 5.41) is 3.32. The molecule has 7 heteroatoms. The number of alkyl halides is 2. The van der Waals surface area contributed by atoms with E-state index < -0.39 is 24.9 Å². The fraction of sp³-hybridized carbons (Fsp3) is 0.500. The van der Waals surface area contributed by atoms with E-state index in [1.54, 1.807) is 4.90 Å². The molecule has 1 aromatic rings. The summed E-state index contributed by atoms with van der Waals surface area (Å²) in [5.74, 6) is -3.02. The zero-order valence-corrected chi connectivity index (χ0v) is 12.8. The van der Waals surface area contributed by atoms with E-state index in [1.807, 2.05) is 18.2 Å². The van der Waals surface area contributed by atoms with Gasteiger partial charge in [0, 0.05) is 24.5 Å². The van der Waals surface area contributed by atoms with Gasteiger partial charge in [-0.1, -0.05) is 23.7 Å². The van der Waals surface area contributed by atoms with E-state index in [-0.39, 0.29) is 18.3 Å². The van der Waals surface area contributed by atoms with Gasteiger partial charge in [0.1, 0.15) is 0 Å². The van der Waals surface area contributed by atoms with Crippen molar-refractivity contribution >= 4 is 29.9 Å². The molecule has 21 heavy (non-hydrogen) atoms. The summed E-state index contributed by atoms with van der Waals surface area (Å²) in [4.78, 5) is 13.9. The molecule has 2 heterocycles. The molecule has 3 nitrogen and oxygen atoms in total. The first-order valence-corrected chi connectivity index (χ1v) is 7.00. The highest BCUT2D eigenvalue weighted by atomic mass is 35.5. The van der Waals surface area contributed by atoms with Gasteiger partial charge in [-0.2, -0.15) is 0 Å². The Kier molecular flexibility index (Phi) is 4.76. The Bertz CT molecular complexity index is 554. The van der Waals surface area contributed by atoms with Gasteiger partial charge in [0.2, 0.25) is 5.91 Å². The molecule has 0 spiro atoms. The Morgan fingerprint density at radius 2 is 2.19 bits per heavy atom. The SMILES string of the molecule is Cl.O=C(C1CC(F)(F)CN1)N1CCc2c(Cl)cccc2C1. The van der Waals surface area contributed by atoms with Gasteiger partial charge in [-0.15, -0.1) is 12.4 Å². The largest absolute Gasteiger partial charge is 0.337 e. The molecule has 1 fully saturated rings. The number of carbonyl (C=O) groups is 1.